The molecular formula is C28H30Cl2FN3O3. The number of benzene rings is 2. The zero-order valence-corrected chi connectivity index (χ0v) is 22.7. The van der Waals surface area contributed by atoms with Crippen molar-refractivity contribution in [2.24, 2.45) is 10.4 Å². The molecule has 0 saturated heterocycles. The molecule has 2 amide bonds. The molecule has 3 atom stereocenters. The first-order valence-corrected chi connectivity index (χ1v) is 13.1. The standard InChI is InChI=1S/C28H30Cl2FN3O3/c1-26(2,3)13-20-28(17-9-8-14(29)10-19(17)33-25(28)36)21(16-6-5-7-18(30)22(16)31)23(34-20)24(35)32-15-11-27(4,37)12-15/h5-10,15,20-21,37H,11-13H2,1-4H3,(H,32,35)(H,33,36)/t15?,20-,21+,27?,28+/m1/s1. The molecule has 2 heterocycles. The van der Waals surface area contributed by atoms with E-state index in [-0.39, 0.29) is 33.7 Å². The van der Waals surface area contributed by atoms with Crippen LogP contribution < -0.4 is 10.6 Å². The quantitative estimate of drug-likeness (QED) is 0.480. The third kappa shape index (κ3) is 4.35. The molecule has 2 aromatic carbocycles. The third-order valence-corrected chi connectivity index (χ3v) is 8.17. The van der Waals surface area contributed by atoms with E-state index in [1.165, 1.54) is 6.07 Å². The third-order valence-electron chi connectivity index (χ3n) is 7.64. The highest BCUT2D eigenvalue weighted by Gasteiger charge is 2.64. The molecule has 3 N–H and O–H groups in total. The van der Waals surface area contributed by atoms with Crippen molar-refractivity contribution in [2.45, 2.75) is 76.0 Å². The van der Waals surface area contributed by atoms with Crippen LogP contribution in [0.4, 0.5) is 10.1 Å². The van der Waals surface area contributed by atoms with Gasteiger partial charge in [0.15, 0.2) is 0 Å². The van der Waals surface area contributed by atoms with Crippen LogP contribution in [0.15, 0.2) is 41.4 Å². The topological polar surface area (TPSA) is 90.8 Å². The second kappa shape index (κ2) is 8.79. The van der Waals surface area contributed by atoms with Crippen LogP contribution in [-0.2, 0) is 15.0 Å². The summed E-state index contributed by atoms with van der Waals surface area (Å²) in [6.07, 6.45) is 1.28. The Hall–Kier alpha value is -2.48. The minimum absolute atomic E-state index is 0.0832. The second-order valence-electron chi connectivity index (χ2n) is 12.0. The van der Waals surface area contributed by atoms with Gasteiger partial charge in [-0.15, -0.1) is 0 Å². The van der Waals surface area contributed by atoms with Crippen molar-refractivity contribution >= 4 is 46.4 Å². The van der Waals surface area contributed by atoms with Crippen LogP contribution >= 0.6 is 23.2 Å². The molecule has 3 aliphatic rings. The lowest BCUT2D eigenvalue weighted by Crippen LogP contribution is -2.55. The Morgan fingerprint density at radius 2 is 1.95 bits per heavy atom. The van der Waals surface area contributed by atoms with Gasteiger partial charge in [-0.25, -0.2) is 4.39 Å². The van der Waals surface area contributed by atoms with E-state index >= 15 is 4.39 Å². The number of rotatable bonds is 4. The van der Waals surface area contributed by atoms with E-state index in [0.29, 0.717) is 35.5 Å². The fourth-order valence-corrected chi connectivity index (χ4v) is 6.53. The van der Waals surface area contributed by atoms with E-state index in [1.807, 2.05) is 20.8 Å². The first-order chi connectivity index (χ1) is 17.2. The summed E-state index contributed by atoms with van der Waals surface area (Å²) >= 11 is 12.4. The van der Waals surface area contributed by atoms with Gasteiger partial charge in [-0.2, -0.15) is 0 Å². The highest BCUT2D eigenvalue weighted by molar-refractivity contribution is 6.43. The van der Waals surface area contributed by atoms with Gasteiger partial charge in [-0.05, 0) is 55.4 Å². The van der Waals surface area contributed by atoms with Crippen molar-refractivity contribution in [2.75, 3.05) is 5.32 Å². The minimum atomic E-state index is -1.38. The van der Waals surface area contributed by atoms with Crippen molar-refractivity contribution in [1.29, 1.82) is 0 Å². The van der Waals surface area contributed by atoms with Crippen LogP contribution in [0.2, 0.25) is 10.0 Å². The average molecular weight is 546 g/mol. The number of hydrogen-bond donors (Lipinski definition) is 3. The Labute approximate surface area is 225 Å². The summed E-state index contributed by atoms with van der Waals surface area (Å²) in [5.74, 6) is -2.55. The Balaban J connectivity index is 1.71. The van der Waals surface area contributed by atoms with Gasteiger partial charge in [0.2, 0.25) is 5.91 Å². The molecule has 2 aliphatic heterocycles. The van der Waals surface area contributed by atoms with Gasteiger partial charge in [0.05, 0.1) is 22.6 Å². The van der Waals surface area contributed by atoms with E-state index in [0.717, 1.165) is 0 Å². The lowest BCUT2D eigenvalue weighted by atomic mass is 9.62. The van der Waals surface area contributed by atoms with Gasteiger partial charge in [-0.1, -0.05) is 62.2 Å². The maximum absolute atomic E-state index is 15.7. The van der Waals surface area contributed by atoms with Crippen molar-refractivity contribution in [3.05, 3.63) is 63.4 Å². The molecule has 0 radical (unpaired) electrons. The molecule has 37 heavy (non-hydrogen) atoms. The molecular weight excluding hydrogens is 516 g/mol. The number of halogens is 3. The van der Waals surface area contributed by atoms with Crippen LogP contribution in [0.3, 0.4) is 0 Å². The summed E-state index contributed by atoms with van der Waals surface area (Å²) in [7, 11) is 0. The Kier molecular flexibility index (Phi) is 6.21. The molecule has 0 bridgehead atoms. The highest BCUT2D eigenvalue weighted by atomic mass is 35.5. The Morgan fingerprint density at radius 3 is 2.59 bits per heavy atom. The summed E-state index contributed by atoms with van der Waals surface area (Å²) in [6, 6.07) is 8.84. The van der Waals surface area contributed by atoms with Crippen LogP contribution in [-0.4, -0.2) is 40.3 Å². The number of aliphatic imine (C=N–C) groups is 1. The van der Waals surface area contributed by atoms with Crippen molar-refractivity contribution in [3.63, 3.8) is 0 Å². The molecule has 0 unspecified atom stereocenters. The monoisotopic (exact) mass is 545 g/mol. The number of amides is 2. The fourth-order valence-electron chi connectivity index (χ4n) is 6.17. The number of nitrogens with one attached hydrogen (secondary N) is 2. The molecule has 1 saturated carbocycles. The smallest absolute Gasteiger partial charge is 0.266 e. The van der Waals surface area contributed by atoms with E-state index < -0.39 is 34.7 Å². The molecule has 196 valence electrons. The fraction of sp³-hybridized carbons (Fsp3) is 0.464. The second-order valence-corrected chi connectivity index (χ2v) is 12.8. The maximum Gasteiger partial charge on any atom is 0.266 e. The van der Waals surface area contributed by atoms with E-state index in [4.69, 9.17) is 28.2 Å². The zero-order chi connectivity index (χ0) is 26.9. The van der Waals surface area contributed by atoms with Gasteiger partial charge >= 0.3 is 0 Å². The van der Waals surface area contributed by atoms with Crippen molar-refractivity contribution in [1.82, 2.24) is 5.32 Å². The average Bonchev–Trinajstić information content (AvgIpc) is 3.23. The molecule has 5 rings (SSSR count). The van der Waals surface area contributed by atoms with Crippen LogP contribution in [0.5, 0.6) is 0 Å². The van der Waals surface area contributed by atoms with Gasteiger partial charge in [-0.3, -0.25) is 14.6 Å². The summed E-state index contributed by atoms with van der Waals surface area (Å²) in [5, 5.41) is 16.4. The van der Waals surface area contributed by atoms with Crippen molar-refractivity contribution < 1.29 is 19.1 Å². The van der Waals surface area contributed by atoms with E-state index in [9.17, 15) is 14.7 Å². The minimum Gasteiger partial charge on any atom is -0.390 e. The van der Waals surface area contributed by atoms with Gasteiger partial charge < -0.3 is 15.7 Å². The lowest BCUT2D eigenvalue weighted by Gasteiger charge is -2.41. The predicted molar refractivity (Wildman–Crippen MR) is 143 cm³/mol. The maximum atomic E-state index is 15.7. The number of anilines is 1. The summed E-state index contributed by atoms with van der Waals surface area (Å²) in [4.78, 5) is 32.7. The molecule has 6 nitrogen and oxygen atoms in total. The lowest BCUT2D eigenvalue weighted by molar-refractivity contribution is -0.121. The van der Waals surface area contributed by atoms with Crippen LogP contribution in [0.25, 0.3) is 0 Å². The molecule has 0 aromatic heterocycles. The number of carbonyl (C=O) groups excluding carboxylic acids is 2. The van der Waals surface area contributed by atoms with Crippen molar-refractivity contribution in [3.8, 4) is 0 Å². The molecule has 9 heteroatoms. The number of carbonyl (C=O) groups is 2. The molecule has 2 aromatic rings. The number of aliphatic hydroxyl groups is 1. The number of fused-ring (bicyclic) bond motifs is 2. The molecule has 1 spiro atoms. The number of nitrogens with zero attached hydrogens (tertiary/aromatic N) is 1. The summed E-state index contributed by atoms with van der Waals surface area (Å²) in [5.41, 5.74) is -1.11. The molecule has 1 fully saturated rings. The first kappa shape index (κ1) is 26.1. The first-order valence-electron chi connectivity index (χ1n) is 12.4. The van der Waals surface area contributed by atoms with Gasteiger partial charge in [0.1, 0.15) is 16.9 Å². The Bertz CT molecular complexity index is 1330. The zero-order valence-electron chi connectivity index (χ0n) is 21.2. The van der Waals surface area contributed by atoms with E-state index in [2.05, 4.69) is 10.6 Å². The predicted octanol–water partition coefficient (Wildman–Crippen LogP) is 5.40. The molecule has 1 aliphatic carbocycles. The van der Waals surface area contributed by atoms with Crippen LogP contribution in [0, 0.1) is 11.2 Å². The van der Waals surface area contributed by atoms with Crippen LogP contribution in [0.1, 0.15) is 64.0 Å². The number of hydrogen-bond acceptors (Lipinski definition) is 4. The largest absolute Gasteiger partial charge is 0.390 e. The normalized spacial score (nSPS) is 30.5. The summed E-state index contributed by atoms with van der Waals surface area (Å²) in [6.45, 7) is 7.83. The van der Waals surface area contributed by atoms with Gasteiger partial charge in [0, 0.05) is 22.3 Å². The summed E-state index contributed by atoms with van der Waals surface area (Å²) < 4.78 is 15.7. The highest BCUT2D eigenvalue weighted by Crippen LogP contribution is 2.57. The SMILES string of the molecule is CC(C)(C)C[C@H]1N=C(C(=O)NC2CC(C)(O)C2)[C@H](c2cccc(Cl)c2F)[C@@]12C(=O)Nc1cc(Cl)ccc12. The van der Waals surface area contributed by atoms with Gasteiger partial charge in [0.25, 0.3) is 5.91 Å². The van der Waals surface area contributed by atoms with E-state index in [1.54, 1.807) is 37.3 Å². The Morgan fingerprint density at radius 1 is 1.24 bits per heavy atom.